The fraction of sp³-hybridized carbons (Fsp3) is 0.0769. The van der Waals surface area contributed by atoms with Crippen LogP contribution in [0.5, 0.6) is 0 Å². The van der Waals surface area contributed by atoms with E-state index in [9.17, 15) is 13.2 Å². The molecule has 0 aliphatic rings. The van der Waals surface area contributed by atoms with Crippen LogP contribution < -0.4 is 7.22 Å². The van der Waals surface area contributed by atoms with Gasteiger partial charge in [0.25, 0.3) is 0 Å². The number of hydrogen-bond acceptors (Lipinski definition) is 0. The Hall–Kier alpha value is -0.980. The fourth-order valence-corrected chi connectivity index (χ4v) is 3.92. The van der Waals surface area contributed by atoms with Gasteiger partial charge in [0.05, 0.1) is 0 Å². The zero-order valence-electron chi connectivity index (χ0n) is 8.74. The molecular weight excluding hydrogens is 341 g/mol. The van der Waals surface area contributed by atoms with Gasteiger partial charge in [-0.05, 0) is 0 Å². The van der Waals surface area contributed by atoms with Crippen LogP contribution in [0.4, 0.5) is 13.2 Å². The van der Waals surface area contributed by atoms with Gasteiger partial charge in [0.1, 0.15) is 0 Å². The van der Waals surface area contributed by atoms with Crippen molar-refractivity contribution in [2.75, 3.05) is 0 Å². The number of rotatable bonds is 2. The molecule has 2 aromatic carbocycles. The van der Waals surface area contributed by atoms with Crippen molar-refractivity contribution in [1.82, 2.24) is 0 Å². The van der Waals surface area contributed by atoms with Crippen LogP contribution >= 0.6 is 0 Å². The summed E-state index contributed by atoms with van der Waals surface area (Å²) in [4.78, 5) is 0. The minimum absolute atomic E-state index is 0.559. The Morgan fingerprint density at radius 3 is 2.06 bits per heavy atom. The van der Waals surface area contributed by atoms with Gasteiger partial charge in [-0.25, -0.2) is 0 Å². The molecule has 0 aliphatic carbocycles. The fourth-order valence-electron chi connectivity index (χ4n) is 1.36. The molecule has 0 aliphatic heterocycles. The van der Waals surface area contributed by atoms with Crippen LogP contribution in [0, 0.1) is 0 Å². The molecule has 17 heavy (non-hydrogen) atoms. The van der Waals surface area contributed by atoms with E-state index < -0.39 is 32.7 Å². The number of benzene rings is 2. The first-order valence-electron chi connectivity index (χ1n) is 4.96. The van der Waals surface area contributed by atoms with Gasteiger partial charge in [-0.3, -0.25) is 0 Å². The van der Waals surface area contributed by atoms with Crippen molar-refractivity contribution >= 4 is 28.1 Å². The Balaban J connectivity index is 2.23. The predicted octanol–water partition coefficient (Wildman–Crippen LogP) is 2.36. The van der Waals surface area contributed by atoms with Crippen LogP contribution in [-0.4, -0.2) is 20.9 Å². The molecule has 0 fully saturated rings. The molecule has 0 unspecified atom stereocenters. The van der Waals surface area contributed by atoms with E-state index in [1.54, 1.807) is 6.07 Å². The van der Waals surface area contributed by atoms with Crippen LogP contribution in [0.3, 0.4) is 0 Å². The maximum atomic E-state index is 12.5. The van der Waals surface area contributed by atoms with Gasteiger partial charge < -0.3 is 0 Å². The van der Waals surface area contributed by atoms with E-state index in [0.717, 1.165) is 13.3 Å². The monoisotopic (exact) mass is 352 g/mol. The van der Waals surface area contributed by atoms with Gasteiger partial charge in [-0.1, -0.05) is 0 Å². The van der Waals surface area contributed by atoms with Crippen LogP contribution in [-0.2, 0) is 6.18 Å². The van der Waals surface area contributed by atoms with E-state index in [2.05, 4.69) is 0 Å². The second kappa shape index (κ2) is 5.12. The van der Waals surface area contributed by atoms with Gasteiger partial charge in [-0.15, -0.1) is 0 Å². The van der Waals surface area contributed by atoms with Gasteiger partial charge in [-0.2, -0.15) is 0 Å². The molecular formula is C13H9F3Te. The first kappa shape index (κ1) is 12.5. The summed E-state index contributed by atoms with van der Waals surface area (Å²) in [6.07, 6.45) is -4.25. The third kappa shape index (κ3) is 3.49. The third-order valence-electron chi connectivity index (χ3n) is 2.14. The molecule has 0 radical (unpaired) electrons. The first-order chi connectivity index (χ1) is 8.05. The zero-order chi connectivity index (χ0) is 12.3. The van der Waals surface area contributed by atoms with E-state index >= 15 is 0 Å². The van der Waals surface area contributed by atoms with Gasteiger partial charge in [0.2, 0.25) is 0 Å². The summed E-state index contributed by atoms with van der Waals surface area (Å²) in [7, 11) is 0. The van der Waals surface area contributed by atoms with E-state index in [1.165, 1.54) is 12.1 Å². The first-order valence-corrected chi connectivity index (χ1v) is 7.29. The van der Waals surface area contributed by atoms with E-state index in [1.807, 2.05) is 30.3 Å². The summed E-state index contributed by atoms with van der Waals surface area (Å²) in [6, 6.07) is 15.3. The predicted molar refractivity (Wildman–Crippen MR) is 62.9 cm³/mol. The molecule has 0 N–H and O–H groups in total. The molecule has 2 rings (SSSR count). The summed E-state index contributed by atoms with van der Waals surface area (Å²) in [5.74, 6) is 0. The Kier molecular flexibility index (Phi) is 3.76. The molecule has 0 atom stereocenters. The molecule has 0 bridgehead atoms. The Morgan fingerprint density at radius 2 is 1.41 bits per heavy atom. The van der Waals surface area contributed by atoms with E-state index in [-0.39, 0.29) is 0 Å². The van der Waals surface area contributed by atoms with Crippen molar-refractivity contribution in [2.24, 2.45) is 0 Å². The van der Waals surface area contributed by atoms with Crippen molar-refractivity contribution < 1.29 is 13.2 Å². The molecule has 0 aromatic heterocycles. The van der Waals surface area contributed by atoms with Gasteiger partial charge in [0.15, 0.2) is 0 Å². The normalized spacial score (nSPS) is 11.5. The average Bonchev–Trinajstić information content (AvgIpc) is 2.29. The minimum atomic E-state index is -4.25. The zero-order valence-corrected chi connectivity index (χ0v) is 11.1. The summed E-state index contributed by atoms with van der Waals surface area (Å²) >= 11 is -0.728. The van der Waals surface area contributed by atoms with Crippen LogP contribution in [0.25, 0.3) is 0 Å². The second-order valence-electron chi connectivity index (χ2n) is 3.44. The summed E-state index contributed by atoms with van der Waals surface area (Å²) in [5.41, 5.74) is -0.559. The molecule has 4 heteroatoms. The molecule has 0 spiro atoms. The van der Waals surface area contributed by atoms with E-state index in [4.69, 9.17) is 0 Å². The van der Waals surface area contributed by atoms with Crippen LogP contribution in [0.1, 0.15) is 5.56 Å². The SMILES string of the molecule is FC(F)(F)c1cccc([Te]c2ccccc2)c1. The topological polar surface area (TPSA) is 0 Å². The molecule has 0 heterocycles. The van der Waals surface area contributed by atoms with Crippen molar-refractivity contribution in [3.8, 4) is 0 Å². The molecule has 2 aromatic rings. The van der Waals surface area contributed by atoms with Crippen molar-refractivity contribution in [1.29, 1.82) is 0 Å². The Bertz CT molecular complexity index is 492. The number of hydrogen-bond donors (Lipinski definition) is 0. The Morgan fingerprint density at radius 1 is 0.765 bits per heavy atom. The van der Waals surface area contributed by atoms with Crippen molar-refractivity contribution in [3.63, 3.8) is 0 Å². The average molecular weight is 350 g/mol. The molecule has 0 amide bonds. The summed E-state index contributed by atoms with van der Waals surface area (Å²) < 4.78 is 39.5. The van der Waals surface area contributed by atoms with Gasteiger partial charge in [0, 0.05) is 0 Å². The number of halogens is 3. The van der Waals surface area contributed by atoms with Crippen LogP contribution in [0.2, 0.25) is 0 Å². The summed E-state index contributed by atoms with van der Waals surface area (Å²) in [5, 5.41) is 0. The van der Waals surface area contributed by atoms with E-state index in [0.29, 0.717) is 0 Å². The third-order valence-corrected chi connectivity index (χ3v) is 4.99. The molecule has 88 valence electrons. The molecule has 0 nitrogen and oxygen atoms in total. The quantitative estimate of drug-likeness (QED) is 0.730. The standard InChI is InChI=1S/C13H9F3Te/c14-13(15,16)10-5-4-8-12(9-10)17-11-6-2-1-3-7-11/h1-9H. The molecule has 0 saturated carbocycles. The number of alkyl halides is 3. The Labute approximate surface area is 108 Å². The summed E-state index contributed by atoms with van der Waals surface area (Å²) in [6.45, 7) is 0. The second-order valence-corrected chi connectivity index (χ2v) is 6.71. The van der Waals surface area contributed by atoms with Crippen molar-refractivity contribution in [2.45, 2.75) is 6.18 Å². The van der Waals surface area contributed by atoms with Gasteiger partial charge >= 0.3 is 108 Å². The van der Waals surface area contributed by atoms with Crippen molar-refractivity contribution in [3.05, 3.63) is 60.2 Å². The van der Waals surface area contributed by atoms with Crippen LogP contribution in [0.15, 0.2) is 54.6 Å². The molecule has 0 saturated heterocycles. The maximum absolute atomic E-state index is 12.5.